The van der Waals surface area contributed by atoms with Crippen molar-refractivity contribution in [2.75, 3.05) is 0 Å². The molecule has 2 amide bonds. The highest BCUT2D eigenvalue weighted by molar-refractivity contribution is 5.97. The van der Waals surface area contributed by atoms with E-state index >= 15 is 0 Å². The van der Waals surface area contributed by atoms with Crippen molar-refractivity contribution < 1.29 is 14.0 Å². The van der Waals surface area contributed by atoms with Crippen LogP contribution >= 0.6 is 0 Å². The molecule has 1 saturated carbocycles. The summed E-state index contributed by atoms with van der Waals surface area (Å²) < 4.78 is 12.8. The fourth-order valence-electron chi connectivity index (χ4n) is 1.44. The third kappa shape index (κ3) is 3.26. The number of rotatable bonds is 4. The molecule has 0 aromatic carbocycles. The minimum Gasteiger partial charge on any atom is -0.352 e. The van der Waals surface area contributed by atoms with E-state index in [9.17, 15) is 14.0 Å². The lowest BCUT2D eigenvalue weighted by Gasteiger charge is -2.13. The average molecular weight is 251 g/mol. The summed E-state index contributed by atoms with van der Waals surface area (Å²) >= 11 is 0. The van der Waals surface area contributed by atoms with Crippen LogP contribution < -0.4 is 10.6 Å². The molecule has 0 spiro atoms. The van der Waals surface area contributed by atoms with Gasteiger partial charge in [0.25, 0.3) is 5.91 Å². The lowest BCUT2D eigenvalue weighted by atomic mass is 10.2. The molecule has 1 unspecified atom stereocenters. The number of amides is 2. The van der Waals surface area contributed by atoms with Gasteiger partial charge in [-0.05, 0) is 25.8 Å². The number of carbonyl (C=O) groups excluding carboxylic acids is 2. The topological polar surface area (TPSA) is 71.1 Å². The molecule has 1 heterocycles. The minimum absolute atomic E-state index is 0.147. The largest absolute Gasteiger partial charge is 0.352 e. The fourth-order valence-corrected chi connectivity index (χ4v) is 1.44. The predicted octanol–water partition coefficient (Wildman–Crippen LogP) is 0.618. The van der Waals surface area contributed by atoms with Gasteiger partial charge in [0.15, 0.2) is 0 Å². The van der Waals surface area contributed by atoms with Crippen LogP contribution in [-0.4, -0.2) is 28.9 Å². The van der Waals surface area contributed by atoms with E-state index in [1.165, 1.54) is 12.3 Å². The number of aromatic nitrogens is 1. The van der Waals surface area contributed by atoms with Gasteiger partial charge in [-0.15, -0.1) is 0 Å². The molecule has 96 valence electrons. The number of nitrogens with one attached hydrogen (secondary N) is 2. The number of hydrogen-bond acceptors (Lipinski definition) is 3. The Bertz CT molecular complexity index is 474. The zero-order valence-electron chi connectivity index (χ0n) is 9.94. The molecular weight excluding hydrogens is 237 g/mol. The number of carbonyl (C=O) groups is 2. The van der Waals surface area contributed by atoms with Crippen LogP contribution in [-0.2, 0) is 4.79 Å². The van der Waals surface area contributed by atoms with Gasteiger partial charge in [-0.25, -0.2) is 4.98 Å². The van der Waals surface area contributed by atoms with Crippen molar-refractivity contribution >= 4 is 11.8 Å². The summed E-state index contributed by atoms with van der Waals surface area (Å²) in [5.74, 6) is -1.44. The van der Waals surface area contributed by atoms with Gasteiger partial charge >= 0.3 is 0 Å². The molecule has 18 heavy (non-hydrogen) atoms. The van der Waals surface area contributed by atoms with Crippen molar-refractivity contribution in [3.05, 3.63) is 29.8 Å². The molecule has 0 aliphatic heterocycles. The molecule has 6 heteroatoms. The Morgan fingerprint density at radius 1 is 1.50 bits per heavy atom. The standard InChI is InChI=1S/C12H14FN3O2/c1-7(11(17)16-9-2-3-9)15-12(18)8-4-5-14-10(13)6-8/h4-7,9H,2-3H2,1H3,(H,15,18)(H,16,17). The van der Waals surface area contributed by atoms with Gasteiger partial charge < -0.3 is 10.6 Å². The summed E-state index contributed by atoms with van der Waals surface area (Å²) in [7, 11) is 0. The summed E-state index contributed by atoms with van der Waals surface area (Å²) in [6.07, 6.45) is 3.18. The van der Waals surface area contributed by atoms with Gasteiger partial charge in [0, 0.05) is 23.9 Å². The Morgan fingerprint density at radius 3 is 2.83 bits per heavy atom. The van der Waals surface area contributed by atoms with Gasteiger partial charge in [-0.3, -0.25) is 9.59 Å². The average Bonchev–Trinajstić information content (AvgIpc) is 3.12. The van der Waals surface area contributed by atoms with Crippen LogP contribution in [0.5, 0.6) is 0 Å². The van der Waals surface area contributed by atoms with E-state index in [0.717, 1.165) is 18.9 Å². The lowest BCUT2D eigenvalue weighted by Crippen LogP contribution is -2.45. The first kappa shape index (κ1) is 12.5. The third-order valence-electron chi connectivity index (χ3n) is 2.65. The van der Waals surface area contributed by atoms with Crippen LogP contribution in [0.15, 0.2) is 18.3 Å². The highest BCUT2D eigenvalue weighted by Crippen LogP contribution is 2.18. The molecule has 1 aromatic heterocycles. The zero-order valence-corrected chi connectivity index (χ0v) is 9.94. The van der Waals surface area contributed by atoms with Crippen molar-refractivity contribution in [3.8, 4) is 0 Å². The first-order valence-electron chi connectivity index (χ1n) is 5.79. The number of hydrogen-bond donors (Lipinski definition) is 2. The van der Waals surface area contributed by atoms with Crippen molar-refractivity contribution in [2.24, 2.45) is 0 Å². The highest BCUT2D eigenvalue weighted by atomic mass is 19.1. The Kier molecular flexibility index (Phi) is 3.55. The fraction of sp³-hybridized carbons (Fsp3) is 0.417. The van der Waals surface area contributed by atoms with Crippen LogP contribution in [0.4, 0.5) is 4.39 Å². The summed E-state index contributed by atoms with van der Waals surface area (Å²) in [6.45, 7) is 1.59. The van der Waals surface area contributed by atoms with Crippen molar-refractivity contribution in [1.82, 2.24) is 15.6 Å². The number of nitrogens with zero attached hydrogens (tertiary/aromatic N) is 1. The van der Waals surface area contributed by atoms with Crippen LogP contribution in [0.25, 0.3) is 0 Å². The monoisotopic (exact) mass is 251 g/mol. The Hall–Kier alpha value is -1.98. The second-order valence-corrected chi connectivity index (χ2v) is 4.35. The van der Waals surface area contributed by atoms with E-state index in [-0.39, 0.29) is 17.5 Å². The maximum atomic E-state index is 12.8. The summed E-state index contributed by atoms with van der Waals surface area (Å²) in [5.41, 5.74) is 0.147. The molecule has 1 fully saturated rings. The molecule has 0 saturated heterocycles. The third-order valence-corrected chi connectivity index (χ3v) is 2.65. The van der Waals surface area contributed by atoms with Gasteiger partial charge in [-0.1, -0.05) is 0 Å². The van der Waals surface area contributed by atoms with E-state index in [1.807, 2.05) is 0 Å². The van der Waals surface area contributed by atoms with E-state index < -0.39 is 17.9 Å². The first-order valence-corrected chi connectivity index (χ1v) is 5.79. The van der Waals surface area contributed by atoms with Crippen LogP contribution in [0.1, 0.15) is 30.1 Å². The predicted molar refractivity (Wildman–Crippen MR) is 62.3 cm³/mol. The second-order valence-electron chi connectivity index (χ2n) is 4.35. The molecule has 5 nitrogen and oxygen atoms in total. The zero-order chi connectivity index (χ0) is 13.1. The highest BCUT2D eigenvalue weighted by Gasteiger charge is 2.26. The van der Waals surface area contributed by atoms with Crippen molar-refractivity contribution in [1.29, 1.82) is 0 Å². The Labute approximate surface area is 104 Å². The maximum absolute atomic E-state index is 12.8. The number of halogens is 1. The second kappa shape index (κ2) is 5.12. The van der Waals surface area contributed by atoms with E-state index in [4.69, 9.17) is 0 Å². The van der Waals surface area contributed by atoms with E-state index in [1.54, 1.807) is 6.92 Å². The Morgan fingerprint density at radius 2 is 2.22 bits per heavy atom. The normalized spacial score (nSPS) is 15.9. The van der Waals surface area contributed by atoms with Crippen molar-refractivity contribution in [3.63, 3.8) is 0 Å². The maximum Gasteiger partial charge on any atom is 0.252 e. The van der Waals surface area contributed by atoms with Crippen LogP contribution in [0, 0.1) is 5.95 Å². The molecule has 2 N–H and O–H groups in total. The molecule has 0 radical (unpaired) electrons. The van der Waals surface area contributed by atoms with E-state index in [2.05, 4.69) is 15.6 Å². The molecule has 0 bridgehead atoms. The van der Waals surface area contributed by atoms with Gasteiger partial charge in [0.2, 0.25) is 11.9 Å². The lowest BCUT2D eigenvalue weighted by molar-refractivity contribution is -0.122. The molecule has 1 aliphatic carbocycles. The van der Waals surface area contributed by atoms with Crippen LogP contribution in [0.2, 0.25) is 0 Å². The van der Waals surface area contributed by atoms with Crippen molar-refractivity contribution in [2.45, 2.75) is 31.8 Å². The van der Waals surface area contributed by atoms with Gasteiger partial charge in [0.05, 0.1) is 0 Å². The Balaban J connectivity index is 1.91. The van der Waals surface area contributed by atoms with E-state index in [0.29, 0.717) is 0 Å². The molecule has 1 atom stereocenters. The van der Waals surface area contributed by atoms with Gasteiger partial charge in [0.1, 0.15) is 6.04 Å². The van der Waals surface area contributed by atoms with Crippen LogP contribution in [0.3, 0.4) is 0 Å². The SMILES string of the molecule is CC(NC(=O)c1ccnc(F)c1)C(=O)NC1CC1. The molecule has 2 rings (SSSR count). The minimum atomic E-state index is -0.724. The summed E-state index contributed by atoms with van der Waals surface area (Å²) in [5, 5.41) is 5.29. The first-order chi connectivity index (χ1) is 8.56. The summed E-state index contributed by atoms with van der Waals surface area (Å²) in [6, 6.07) is 2.02. The smallest absolute Gasteiger partial charge is 0.252 e. The molecule has 1 aromatic rings. The van der Waals surface area contributed by atoms with Gasteiger partial charge in [-0.2, -0.15) is 4.39 Å². The number of pyridine rings is 1. The molecule has 1 aliphatic rings. The quantitative estimate of drug-likeness (QED) is 0.770. The summed E-state index contributed by atoms with van der Waals surface area (Å²) in [4.78, 5) is 26.7. The molecular formula is C12H14FN3O2.